The van der Waals surface area contributed by atoms with Crippen LogP contribution < -0.4 is 4.80 Å². The van der Waals surface area contributed by atoms with Crippen LogP contribution in [0.15, 0.2) is 46.3 Å². The molecule has 9 heteroatoms. The molecule has 3 rings (SSSR count). The molecule has 26 heavy (non-hydrogen) atoms. The third kappa shape index (κ3) is 3.32. The summed E-state index contributed by atoms with van der Waals surface area (Å²) in [6.45, 7) is 1.53. The van der Waals surface area contributed by atoms with Gasteiger partial charge in [0.05, 0.1) is 36.5 Å². The fourth-order valence-corrected chi connectivity index (χ4v) is 5.25. The summed E-state index contributed by atoms with van der Waals surface area (Å²) in [6, 6.07) is 9.42. The van der Waals surface area contributed by atoms with Gasteiger partial charge in [0.15, 0.2) is 14.6 Å². The Bertz CT molecular complexity index is 1190. The Morgan fingerprint density at radius 1 is 1.15 bits per heavy atom. The molecule has 0 saturated carbocycles. The van der Waals surface area contributed by atoms with Crippen LogP contribution in [-0.2, 0) is 16.9 Å². The second-order valence-electron chi connectivity index (χ2n) is 5.47. The van der Waals surface area contributed by atoms with Crippen LogP contribution >= 0.6 is 34.5 Å². The topological polar surface area (TPSA) is 68.5 Å². The quantitative estimate of drug-likeness (QED) is 0.630. The van der Waals surface area contributed by atoms with Crippen LogP contribution in [0.3, 0.4) is 0 Å². The Morgan fingerprint density at radius 2 is 1.81 bits per heavy atom. The van der Waals surface area contributed by atoms with Gasteiger partial charge >= 0.3 is 0 Å². The third-order valence-corrected chi connectivity index (χ3v) is 7.56. The van der Waals surface area contributed by atoms with E-state index in [4.69, 9.17) is 23.2 Å². The molecule has 0 fully saturated rings. The van der Waals surface area contributed by atoms with Crippen molar-refractivity contribution < 1.29 is 13.2 Å². The number of hydrogen-bond acceptors (Lipinski definition) is 4. The third-order valence-electron chi connectivity index (χ3n) is 3.88. The molecule has 5 nitrogen and oxygen atoms in total. The Hall–Kier alpha value is -1.67. The van der Waals surface area contributed by atoms with Gasteiger partial charge in [-0.25, -0.2) is 8.42 Å². The zero-order chi connectivity index (χ0) is 19.1. The van der Waals surface area contributed by atoms with Crippen LogP contribution in [0.1, 0.15) is 17.3 Å². The van der Waals surface area contributed by atoms with E-state index in [-0.39, 0.29) is 16.2 Å². The predicted molar refractivity (Wildman–Crippen MR) is 105 cm³/mol. The predicted octanol–water partition coefficient (Wildman–Crippen LogP) is 4.08. The first kappa shape index (κ1) is 19.1. The van der Waals surface area contributed by atoms with E-state index in [1.807, 2.05) is 0 Å². The second kappa shape index (κ2) is 7.15. The monoisotopic (exact) mass is 428 g/mol. The summed E-state index contributed by atoms with van der Waals surface area (Å²) in [4.78, 5) is 17.2. The number of sulfone groups is 1. The molecule has 1 amide bonds. The lowest BCUT2D eigenvalue weighted by Gasteiger charge is -2.05. The van der Waals surface area contributed by atoms with Crippen LogP contribution in [0.25, 0.3) is 10.2 Å². The van der Waals surface area contributed by atoms with Crippen LogP contribution in [0.2, 0.25) is 10.0 Å². The van der Waals surface area contributed by atoms with E-state index in [1.54, 1.807) is 35.9 Å². The number of amides is 1. The van der Waals surface area contributed by atoms with Gasteiger partial charge in [-0.15, -0.1) is 0 Å². The van der Waals surface area contributed by atoms with E-state index >= 15 is 0 Å². The lowest BCUT2D eigenvalue weighted by atomic mass is 10.2. The van der Waals surface area contributed by atoms with E-state index in [1.165, 1.54) is 30.4 Å². The lowest BCUT2D eigenvalue weighted by molar-refractivity contribution is 0.0995. The maximum atomic E-state index is 12.7. The molecule has 0 saturated heterocycles. The van der Waals surface area contributed by atoms with Gasteiger partial charge in [-0.3, -0.25) is 4.79 Å². The van der Waals surface area contributed by atoms with E-state index in [0.29, 0.717) is 25.1 Å². The number of rotatable bonds is 3. The van der Waals surface area contributed by atoms with Gasteiger partial charge < -0.3 is 4.57 Å². The van der Waals surface area contributed by atoms with Crippen molar-refractivity contribution in [3.63, 3.8) is 0 Å². The average molecular weight is 429 g/mol. The van der Waals surface area contributed by atoms with Crippen molar-refractivity contribution in [2.45, 2.75) is 11.8 Å². The molecule has 0 atom stereocenters. The minimum absolute atomic E-state index is 0.0175. The summed E-state index contributed by atoms with van der Waals surface area (Å²) < 4.78 is 26.9. The maximum absolute atomic E-state index is 12.7. The first-order valence-electron chi connectivity index (χ1n) is 7.60. The smallest absolute Gasteiger partial charge is 0.280 e. The Morgan fingerprint density at radius 3 is 2.46 bits per heavy atom. The Kier molecular flexibility index (Phi) is 5.25. The number of nitrogens with zero attached hydrogens (tertiary/aromatic N) is 2. The van der Waals surface area contributed by atoms with Crippen molar-refractivity contribution in [2.24, 2.45) is 12.0 Å². The molecular weight excluding hydrogens is 415 g/mol. The van der Waals surface area contributed by atoms with Gasteiger partial charge in [-0.1, -0.05) is 53.6 Å². The van der Waals surface area contributed by atoms with Crippen LogP contribution in [0, 0.1) is 0 Å². The molecule has 0 radical (unpaired) electrons. The summed E-state index contributed by atoms with van der Waals surface area (Å²) in [6.07, 6.45) is 0. The number of thiazole rings is 1. The number of benzene rings is 2. The van der Waals surface area contributed by atoms with Crippen molar-refractivity contribution in [1.29, 1.82) is 0 Å². The standard InChI is InChI=1S/C17H14Cl2N2O3S2/c1-3-26(23,24)13-7-5-4-6-10(13)16(22)20-17-21(2)14-11(18)8-9-12(19)15(14)25-17/h4-9H,3H2,1-2H3. The minimum atomic E-state index is -3.54. The highest BCUT2D eigenvalue weighted by Crippen LogP contribution is 2.31. The molecule has 0 aliphatic heterocycles. The highest BCUT2D eigenvalue weighted by atomic mass is 35.5. The molecule has 3 aromatic rings. The van der Waals surface area contributed by atoms with Gasteiger partial charge in [-0.05, 0) is 24.3 Å². The highest BCUT2D eigenvalue weighted by Gasteiger charge is 2.20. The van der Waals surface area contributed by atoms with Crippen LogP contribution in [0.5, 0.6) is 0 Å². The zero-order valence-electron chi connectivity index (χ0n) is 13.9. The summed E-state index contributed by atoms with van der Waals surface area (Å²) in [5.74, 6) is -0.730. The van der Waals surface area contributed by atoms with E-state index in [2.05, 4.69) is 4.99 Å². The van der Waals surface area contributed by atoms with E-state index < -0.39 is 15.7 Å². The van der Waals surface area contributed by atoms with Crippen LogP contribution in [-0.4, -0.2) is 24.6 Å². The number of aromatic nitrogens is 1. The number of aryl methyl sites for hydroxylation is 1. The van der Waals surface area contributed by atoms with Crippen LogP contribution in [0.4, 0.5) is 0 Å². The molecular formula is C17H14Cl2N2O3S2. The molecule has 0 spiro atoms. The van der Waals surface area contributed by atoms with Crippen molar-refractivity contribution in [2.75, 3.05) is 5.75 Å². The maximum Gasteiger partial charge on any atom is 0.280 e. The molecule has 2 aromatic carbocycles. The molecule has 0 unspecified atom stereocenters. The molecule has 0 bridgehead atoms. The van der Waals surface area contributed by atoms with E-state index in [0.717, 1.165) is 0 Å². The SMILES string of the molecule is CCS(=O)(=O)c1ccccc1C(=O)N=c1sc2c(Cl)ccc(Cl)c2n1C. The second-order valence-corrected chi connectivity index (χ2v) is 9.51. The average Bonchev–Trinajstić information content (AvgIpc) is 2.96. The number of carbonyl (C=O) groups is 1. The minimum Gasteiger partial charge on any atom is -0.318 e. The first-order valence-corrected chi connectivity index (χ1v) is 10.8. The Balaban J connectivity index is 2.21. The number of hydrogen-bond donors (Lipinski definition) is 0. The fraction of sp³-hybridized carbons (Fsp3) is 0.176. The molecule has 1 aromatic heterocycles. The fourth-order valence-electron chi connectivity index (χ4n) is 2.50. The van der Waals surface area contributed by atoms with E-state index in [9.17, 15) is 13.2 Å². The molecule has 0 aliphatic carbocycles. The summed E-state index contributed by atoms with van der Waals surface area (Å²) in [5, 5.41) is 0.999. The van der Waals surface area contributed by atoms with Gasteiger partial charge in [-0.2, -0.15) is 4.99 Å². The molecule has 136 valence electrons. The normalized spacial score (nSPS) is 12.7. The van der Waals surface area contributed by atoms with Gasteiger partial charge in [0.2, 0.25) is 0 Å². The number of fused-ring (bicyclic) bond motifs is 1. The largest absolute Gasteiger partial charge is 0.318 e. The van der Waals surface area contributed by atoms with Crippen molar-refractivity contribution in [1.82, 2.24) is 4.57 Å². The first-order chi connectivity index (χ1) is 12.3. The Labute approximate surface area is 164 Å². The molecule has 0 aliphatic rings. The summed E-state index contributed by atoms with van der Waals surface area (Å²) >= 11 is 13.6. The molecule has 1 heterocycles. The highest BCUT2D eigenvalue weighted by molar-refractivity contribution is 7.91. The lowest BCUT2D eigenvalue weighted by Crippen LogP contribution is -2.15. The van der Waals surface area contributed by atoms with Crippen molar-refractivity contribution >= 4 is 60.5 Å². The summed E-state index contributed by atoms with van der Waals surface area (Å²) in [5.41, 5.74) is 0.717. The van der Waals surface area contributed by atoms with Gasteiger partial charge in [0.25, 0.3) is 5.91 Å². The van der Waals surface area contributed by atoms with Gasteiger partial charge in [0, 0.05) is 7.05 Å². The van der Waals surface area contributed by atoms with Crippen molar-refractivity contribution in [3.05, 3.63) is 56.8 Å². The summed E-state index contributed by atoms with van der Waals surface area (Å²) in [7, 11) is -1.82. The number of carbonyl (C=O) groups excluding carboxylic acids is 1. The van der Waals surface area contributed by atoms with Gasteiger partial charge in [0.1, 0.15) is 0 Å². The van der Waals surface area contributed by atoms with Crippen molar-refractivity contribution in [3.8, 4) is 0 Å². The number of halogens is 2. The molecule has 0 N–H and O–H groups in total. The zero-order valence-corrected chi connectivity index (χ0v) is 17.0.